The van der Waals surface area contributed by atoms with Crippen molar-refractivity contribution in [2.75, 3.05) is 24.9 Å². The fourth-order valence-electron chi connectivity index (χ4n) is 2.44. The van der Waals surface area contributed by atoms with E-state index in [-0.39, 0.29) is 17.6 Å². The molecular formula is C16H21NO5S. The van der Waals surface area contributed by atoms with Gasteiger partial charge in [0, 0.05) is 17.4 Å². The third-order valence-electron chi connectivity index (χ3n) is 3.62. The van der Waals surface area contributed by atoms with Gasteiger partial charge in [-0.15, -0.1) is 0 Å². The first-order valence-corrected chi connectivity index (χ1v) is 8.96. The molecular weight excluding hydrogens is 318 g/mol. The molecule has 1 aromatic rings. The second kappa shape index (κ2) is 6.62. The van der Waals surface area contributed by atoms with E-state index in [2.05, 4.69) is 0 Å². The minimum Gasteiger partial charge on any atom is -0.497 e. The lowest BCUT2D eigenvalue weighted by atomic mass is 10.1. The van der Waals surface area contributed by atoms with Crippen molar-refractivity contribution in [3.8, 4) is 11.5 Å². The maximum absolute atomic E-state index is 12.7. The highest BCUT2D eigenvalue weighted by Crippen LogP contribution is 2.35. The Morgan fingerprint density at radius 3 is 2.43 bits per heavy atom. The summed E-state index contributed by atoms with van der Waals surface area (Å²) in [6, 6.07) is 4.54. The summed E-state index contributed by atoms with van der Waals surface area (Å²) in [5, 5.41) is 1.16. The van der Waals surface area contributed by atoms with Gasteiger partial charge in [0.2, 0.25) is 5.91 Å². The summed E-state index contributed by atoms with van der Waals surface area (Å²) in [5.74, 6) is 0.446. The van der Waals surface area contributed by atoms with Gasteiger partial charge >= 0.3 is 0 Å². The number of ether oxygens (including phenoxy) is 2. The average Bonchev–Trinajstić information content (AvgIpc) is 2.86. The minimum absolute atomic E-state index is 0.133. The predicted molar refractivity (Wildman–Crippen MR) is 88.6 cm³/mol. The molecule has 1 heterocycles. The van der Waals surface area contributed by atoms with Gasteiger partial charge in [-0.1, -0.05) is 13.8 Å². The molecule has 0 unspecified atom stereocenters. The summed E-state index contributed by atoms with van der Waals surface area (Å²) < 4.78 is 34.1. The van der Waals surface area contributed by atoms with E-state index in [1.54, 1.807) is 32.0 Å². The molecule has 0 saturated heterocycles. The number of carbonyl (C=O) groups excluding carboxylic acids is 1. The molecule has 1 aromatic carbocycles. The maximum atomic E-state index is 12.7. The van der Waals surface area contributed by atoms with Crippen LogP contribution in [-0.4, -0.2) is 40.3 Å². The largest absolute Gasteiger partial charge is 0.497 e. The van der Waals surface area contributed by atoms with Gasteiger partial charge in [0.15, 0.2) is 9.84 Å². The Labute approximate surface area is 136 Å². The molecule has 0 saturated carbocycles. The summed E-state index contributed by atoms with van der Waals surface area (Å²) in [7, 11) is -0.257. The Hall–Kier alpha value is -2.02. The second-order valence-electron chi connectivity index (χ2n) is 5.63. The molecule has 0 radical (unpaired) electrons. The molecule has 1 aliphatic rings. The van der Waals surface area contributed by atoms with Crippen LogP contribution in [0.2, 0.25) is 0 Å². The fraction of sp³-hybridized carbons (Fsp3) is 0.438. The molecule has 0 aromatic heterocycles. The van der Waals surface area contributed by atoms with E-state index in [0.717, 1.165) is 5.41 Å². The van der Waals surface area contributed by atoms with Gasteiger partial charge < -0.3 is 14.4 Å². The molecule has 0 bridgehead atoms. The summed E-state index contributed by atoms with van der Waals surface area (Å²) in [4.78, 5) is 14.2. The van der Waals surface area contributed by atoms with Crippen LogP contribution in [0.4, 0.5) is 5.69 Å². The Kier molecular flexibility index (Phi) is 4.99. The smallest absolute Gasteiger partial charge is 0.230 e. The number of hydrogen-bond acceptors (Lipinski definition) is 5. The van der Waals surface area contributed by atoms with E-state index < -0.39 is 15.9 Å². The zero-order chi connectivity index (χ0) is 17.2. The Morgan fingerprint density at radius 2 is 1.96 bits per heavy atom. The van der Waals surface area contributed by atoms with Crippen LogP contribution >= 0.6 is 0 Å². The number of nitrogens with zero attached hydrogens (tertiary/aromatic N) is 1. The van der Waals surface area contributed by atoms with Gasteiger partial charge in [0.1, 0.15) is 11.5 Å². The molecule has 23 heavy (non-hydrogen) atoms. The van der Waals surface area contributed by atoms with Crippen molar-refractivity contribution in [2.45, 2.75) is 19.9 Å². The van der Waals surface area contributed by atoms with Gasteiger partial charge in [-0.2, -0.15) is 0 Å². The molecule has 6 nitrogen and oxygen atoms in total. The molecule has 0 spiro atoms. The van der Waals surface area contributed by atoms with E-state index >= 15 is 0 Å². The minimum atomic E-state index is -3.29. The molecule has 7 heteroatoms. The van der Waals surface area contributed by atoms with Crippen LogP contribution in [0, 0.1) is 5.92 Å². The van der Waals surface area contributed by atoms with Gasteiger partial charge in [0.05, 0.1) is 31.7 Å². The summed E-state index contributed by atoms with van der Waals surface area (Å²) in [6.07, 6.45) is 1.54. The summed E-state index contributed by atoms with van der Waals surface area (Å²) in [5.41, 5.74) is 0.498. The van der Waals surface area contributed by atoms with Crippen molar-refractivity contribution in [2.24, 2.45) is 5.92 Å². The predicted octanol–water partition coefficient (Wildman–Crippen LogP) is 2.00. The molecule has 1 amide bonds. The van der Waals surface area contributed by atoms with E-state index in [1.165, 1.54) is 25.2 Å². The lowest BCUT2D eigenvalue weighted by Crippen LogP contribution is -2.43. The van der Waals surface area contributed by atoms with Crippen LogP contribution < -0.4 is 14.4 Å². The van der Waals surface area contributed by atoms with Crippen molar-refractivity contribution >= 4 is 21.4 Å². The number of benzene rings is 1. The van der Waals surface area contributed by atoms with Crippen LogP contribution in [0.5, 0.6) is 11.5 Å². The van der Waals surface area contributed by atoms with Crippen LogP contribution in [0.15, 0.2) is 29.7 Å². The lowest BCUT2D eigenvalue weighted by Gasteiger charge is -2.30. The first-order valence-electron chi connectivity index (χ1n) is 7.25. The normalized spacial score (nSPS) is 18.9. The number of carbonyl (C=O) groups is 1. The standard InChI is InChI=1S/C16H21NO5S/c1-11(2)16(18)17(12-7-8-23(19,20)10-12)14-9-13(21-3)5-6-15(14)22-4/h5-9,11-12H,10H2,1-4H3/t12-/m0/s1. The van der Waals surface area contributed by atoms with Crippen molar-refractivity contribution < 1.29 is 22.7 Å². The average molecular weight is 339 g/mol. The zero-order valence-electron chi connectivity index (χ0n) is 13.6. The number of anilines is 1. The van der Waals surface area contributed by atoms with Gasteiger partial charge in [-0.25, -0.2) is 8.42 Å². The highest BCUT2D eigenvalue weighted by atomic mass is 32.2. The van der Waals surface area contributed by atoms with Crippen molar-refractivity contribution in [1.82, 2.24) is 0 Å². The first kappa shape index (κ1) is 17.3. The molecule has 2 rings (SSSR count). The number of amides is 1. The Morgan fingerprint density at radius 1 is 1.26 bits per heavy atom. The number of methoxy groups -OCH3 is 2. The summed E-state index contributed by atoms with van der Waals surface area (Å²) in [6.45, 7) is 3.55. The monoisotopic (exact) mass is 339 g/mol. The fourth-order valence-corrected chi connectivity index (χ4v) is 3.71. The van der Waals surface area contributed by atoms with Gasteiger partial charge in [0.25, 0.3) is 0 Å². The summed E-state index contributed by atoms with van der Waals surface area (Å²) >= 11 is 0. The molecule has 0 N–H and O–H groups in total. The van der Waals surface area contributed by atoms with Crippen LogP contribution in [0.3, 0.4) is 0 Å². The van der Waals surface area contributed by atoms with Crippen molar-refractivity contribution in [3.63, 3.8) is 0 Å². The first-order chi connectivity index (χ1) is 10.8. The number of rotatable bonds is 5. The third-order valence-corrected chi connectivity index (χ3v) is 5.00. The zero-order valence-corrected chi connectivity index (χ0v) is 14.5. The van der Waals surface area contributed by atoms with Gasteiger partial charge in [-0.3, -0.25) is 4.79 Å². The number of sulfone groups is 1. The lowest BCUT2D eigenvalue weighted by molar-refractivity contribution is -0.121. The Bertz CT molecular complexity index is 724. The van der Waals surface area contributed by atoms with Crippen LogP contribution in [-0.2, 0) is 14.6 Å². The van der Waals surface area contributed by atoms with Crippen LogP contribution in [0.25, 0.3) is 0 Å². The van der Waals surface area contributed by atoms with E-state index in [4.69, 9.17) is 9.47 Å². The Balaban J connectivity index is 2.54. The van der Waals surface area contributed by atoms with Crippen molar-refractivity contribution in [3.05, 3.63) is 29.7 Å². The molecule has 0 fully saturated rings. The highest BCUT2D eigenvalue weighted by molar-refractivity contribution is 7.94. The second-order valence-corrected chi connectivity index (χ2v) is 7.56. The number of hydrogen-bond donors (Lipinski definition) is 0. The highest BCUT2D eigenvalue weighted by Gasteiger charge is 2.34. The van der Waals surface area contributed by atoms with Gasteiger partial charge in [-0.05, 0) is 18.2 Å². The molecule has 0 aliphatic carbocycles. The quantitative estimate of drug-likeness (QED) is 0.820. The van der Waals surface area contributed by atoms with E-state index in [0.29, 0.717) is 17.2 Å². The van der Waals surface area contributed by atoms with Crippen LogP contribution in [0.1, 0.15) is 13.8 Å². The third kappa shape index (κ3) is 3.67. The molecule has 1 atom stereocenters. The maximum Gasteiger partial charge on any atom is 0.230 e. The molecule has 126 valence electrons. The topological polar surface area (TPSA) is 72.9 Å². The SMILES string of the molecule is COc1ccc(OC)c(N(C(=O)C(C)C)[C@H]2C=CS(=O)(=O)C2)c1. The van der Waals surface area contributed by atoms with E-state index in [9.17, 15) is 13.2 Å². The molecule has 1 aliphatic heterocycles. The van der Waals surface area contributed by atoms with Crippen molar-refractivity contribution in [1.29, 1.82) is 0 Å². The van der Waals surface area contributed by atoms with E-state index in [1.807, 2.05) is 0 Å².